The summed E-state index contributed by atoms with van der Waals surface area (Å²) in [4.78, 5) is 3.21. The highest BCUT2D eigenvalue weighted by molar-refractivity contribution is 5.15. The number of hydrogen-bond acceptors (Lipinski definition) is 1. The van der Waals surface area contributed by atoms with Crippen molar-refractivity contribution in [3.05, 3.63) is 36.5 Å². The van der Waals surface area contributed by atoms with Gasteiger partial charge in [-0.05, 0) is 19.1 Å². The van der Waals surface area contributed by atoms with E-state index in [-0.39, 0.29) is 5.69 Å². The number of alkyl halides is 3. The van der Waals surface area contributed by atoms with Gasteiger partial charge in [-0.15, -0.1) is 0 Å². The summed E-state index contributed by atoms with van der Waals surface area (Å²) in [6, 6.07) is 3.60. The van der Waals surface area contributed by atoms with Crippen LogP contribution in [0.3, 0.4) is 0 Å². The van der Waals surface area contributed by atoms with E-state index >= 15 is 0 Å². The second kappa shape index (κ2) is 2.53. The molecule has 0 bridgehead atoms. The van der Waals surface area contributed by atoms with E-state index in [1.807, 2.05) is 0 Å². The smallest absolute Gasteiger partial charge is 0.248 e. The number of nitrogens with zero attached hydrogens (tertiary/aromatic N) is 1. The molecule has 0 aliphatic carbocycles. The van der Waals surface area contributed by atoms with Crippen molar-refractivity contribution >= 4 is 0 Å². The van der Waals surface area contributed by atoms with E-state index in [1.54, 1.807) is 0 Å². The fourth-order valence-electron chi connectivity index (χ4n) is 0.637. The third-order valence-electron chi connectivity index (χ3n) is 1.10. The summed E-state index contributed by atoms with van der Waals surface area (Å²) >= 11 is 0. The van der Waals surface area contributed by atoms with Crippen LogP contribution in [0.4, 0.5) is 13.2 Å². The Morgan fingerprint density at radius 3 is 2.27 bits per heavy atom. The van der Waals surface area contributed by atoms with E-state index in [9.17, 15) is 13.2 Å². The highest BCUT2D eigenvalue weighted by Gasteiger charge is 2.31. The van der Waals surface area contributed by atoms with Crippen molar-refractivity contribution in [2.75, 3.05) is 0 Å². The summed E-state index contributed by atoms with van der Waals surface area (Å²) in [5, 5.41) is 0. The van der Waals surface area contributed by atoms with Crippen LogP contribution in [0.5, 0.6) is 0 Å². The molecule has 0 aromatic carbocycles. The molecule has 0 amide bonds. The Bertz CT molecular complexity index is 254. The lowest BCUT2D eigenvalue weighted by Gasteiger charge is -2.04. The highest BCUT2D eigenvalue weighted by atomic mass is 19.4. The van der Waals surface area contributed by atoms with Crippen LogP contribution < -0.4 is 0 Å². The summed E-state index contributed by atoms with van der Waals surface area (Å²) in [6.07, 6.45) is -4.37. The van der Waals surface area contributed by atoms with Gasteiger partial charge in [0.25, 0.3) is 0 Å². The molecular formula is C7H5F3N. The Labute approximate surface area is 61.9 Å². The first-order valence-corrected chi connectivity index (χ1v) is 2.86. The Hall–Kier alpha value is -1.06. The number of pyridine rings is 1. The van der Waals surface area contributed by atoms with Gasteiger partial charge in [0.15, 0.2) is 0 Å². The van der Waals surface area contributed by atoms with Gasteiger partial charge in [-0.25, -0.2) is 4.98 Å². The topological polar surface area (TPSA) is 12.9 Å². The van der Waals surface area contributed by atoms with Gasteiger partial charge in [0.1, 0.15) is 5.69 Å². The monoisotopic (exact) mass is 160 g/mol. The molecule has 0 N–H and O–H groups in total. The summed E-state index contributed by atoms with van der Waals surface area (Å²) in [5.74, 6) is 0. The Morgan fingerprint density at radius 2 is 1.91 bits per heavy atom. The van der Waals surface area contributed by atoms with Crippen LogP contribution in [0.15, 0.2) is 18.2 Å². The SMILES string of the molecule is [CH2]c1cccc(C(F)(F)F)n1. The second-order valence-corrected chi connectivity index (χ2v) is 2.01. The largest absolute Gasteiger partial charge is 0.433 e. The van der Waals surface area contributed by atoms with Gasteiger partial charge in [-0.2, -0.15) is 13.2 Å². The molecule has 1 aromatic heterocycles. The van der Waals surface area contributed by atoms with E-state index in [2.05, 4.69) is 11.9 Å². The molecule has 0 saturated heterocycles. The fourth-order valence-corrected chi connectivity index (χ4v) is 0.637. The third kappa shape index (κ3) is 1.93. The molecule has 59 valence electrons. The fraction of sp³-hybridized carbons (Fsp3) is 0.143. The predicted octanol–water partition coefficient (Wildman–Crippen LogP) is 2.28. The normalized spacial score (nSPS) is 11.6. The zero-order valence-corrected chi connectivity index (χ0v) is 5.52. The van der Waals surface area contributed by atoms with Gasteiger partial charge >= 0.3 is 6.18 Å². The lowest BCUT2D eigenvalue weighted by Crippen LogP contribution is -2.07. The van der Waals surface area contributed by atoms with Crippen molar-refractivity contribution in [2.24, 2.45) is 0 Å². The predicted molar refractivity (Wildman–Crippen MR) is 33.7 cm³/mol. The first kappa shape index (κ1) is 8.04. The zero-order valence-electron chi connectivity index (χ0n) is 5.52. The lowest BCUT2D eigenvalue weighted by molar-refractivity contribution is -0.141. The lowest BCUT2D eigenvalue weighted by atomic mass is 10.3. The van der Waals surface area contributed by atoms with E-state index in [0.29, 0.717) is 0 Å². The maximum Gasteiger partial charge on any atom is 0.433 e. The van der Waals surface area contributed by atoms with Crippen LogP contribution in [-0.2, 0) is 6.18 Å². The van der Waals surface area contributed by atoms with Crippen LogP contribution in [-0.4, -0.2) is 4.98 Å². The number of rotatable bonds is 0. The molecule has 1 rings (SSSR count). The van der Waals surface area contributed by atoms with Crippen LogP contribution in [0.25, 0.3) is 0 Å². The number of aromatic nitrogens is 1. The van der Waals surface area contributed by atoms with Gasteiger partial charge in [0.2, 0.25) is 0 Å². The Kier molecular flexibility index (Phi) is 1.85. The summed E-state index contributed by atoms with van der Waals surface area (Å²) in [6.45, 7) is 3.28. The molecule has 0 aliphatic rings. The quantitative estimate of drug-likeness (QED) is 0.567. The minimum absolute atomic E-state index is 0.125. The van der Waals surface area contributed by atoms with E-state index in [0.717, 1.165) is 6.07 Å². The molecule has 1 aromatic rings. The van der Waals surface area contributed by atoms with Gasteiger partial charge in [-0.3, -0.25) is 0 Å². The van der Waals surface area contributed by atoms with E-state index < -0.39 is 11.9 Å². The minimum atomic E-state index is -4.37. The van der Waals surface area contributed by atoms with Gasteiger partial charge in [0, 0.05) is 5.69 Å². The Morgan fingerprint density at radius 1 is 1.27 bits per heavy atom. The second-order valence-electron chi connectivity index (χ2n) is 2.01. The van der Waals surface area contributed by atoms with Crippen molar-refractivity contribution in [1.29, 1.82) is 0 Å². The van der Waals surface area contributed by atoms with Crippen molar-refractivity contribution in [2.45, 2.75) is 6.18 Å². The number of hydrogen-bond donors (Lipinski definition) is 0. The van der Waals surface area contributed by atoms with E-state index in [1.165, 1.54) is 12.1 Å². The van der Waals surface area contributed by atoms with Gasteiger partial charge in [0.05, 0.1) is 0 Å². The van der Waals surface area contributed by atoms with Crippen molar-refractivity contribution in [3.63, 3.8) is 0 Å². The van der Waals surface area contributed by atoms with Crippen molar-refractivity contribution < 1.29 is 13.2 Å². The molecule has 0 aliphatic heterocycles. The molecular weight excluding hydrogens is 155 g/mol. The summed E-state index contributed by atoms with van der Waals surface area (Å²) < 4.78 is 35.6. The molecule has 0 fully saturated rings. The van der Waals surface area contributed by atoms with E-state index in [4.69, 9.17) is 0 Å². The van der Waals surface area contributed by atoms with Crippen molar-refractivity contribution in [1.82, 2.24) is 4.98 Å². The standard InChI is InChI=1S/C7H5F3N/c1-5-3-2-4-6(11-5)7(8,9)10/h2-4H,1H2. The molecule has 1 nitrogen and oxygen atoms in total. The first-order valence-electron chi connectivity index (χ1n) is 2.86. The minimum Gasteiger partial charge on any atom is -0.248 e. The Balaban J connectivity index is 3.06. The number of halogens is 3. The molecule has 0 unspecified atom stereocenters. The molecule has 4 heteroatoms. The average molecular weight is 160 g/mol. The van der Waals surface area contributed by atoms with Crippen LogP contribution in [0.1, 0.15) is 11.4 Å². The van der Waals surface area contributed by atoms with Gasteiger partial charge in [-0.1, -0.05) is 6.07 Å². The zero-order chi connectivity index (χ0) is 8.48. The maximum atomic E-state index is 11.9. The van der Waals surface area contributed by atoms with Crippen LogP contribution in [0, 0.1) is 6.92 Å². The summed E-state index contributed by atoms with van der Waals surface area (Å²) in [7, 11) is 0. The average Bonchev–Trinajstić information content (AvgIpc) is 1.86. The van der Waals surface area contributed by atoms with Gasteiger partial charge < -0.3 is 0 Å². The molecule has 1 radical (unpaired) electrons. The van der Waals surface area contributed by atoms with Crippen molar-refractivity contribution in [3.8, 4) is 0 Å². The maximum absolute atomic E-state index is 11.9. The van der Waals surface area contributed by atoms with Crippen LogP contribution in [0.2, 0.25) is 0 Å². The molecule has 0 spiro atoms. The van der Waals surface area contributed by atoms with Crippen LogP contribution >= 0.6 is 0 Å². The molecule has 1 heterocycles. The third-order valence-corrected chi connectivity index (χ3v) is 1.10. The highest BCUT2D eigenvalue weighted by Crippen LogP contribution is 2.27. The molecule has 0 saturated carbocycles. The summed E-state index contributed by atoms with van der Waals surface area (Å²) in [5.41, 5.74) is -0.773. The first-order chi connectivity index (χ1) is 5.00. The molecule has 0 atom stereocenters. The molecule has 11 heavy (non-hydrogen) atoms.